The number of nitrogens with zero attached hydrogens (tertiary/aromatic N) is 1. The number of benzene rings is 2. The molecule has 21 heavy (non-hydrogen) atoms. The number of halogens is 1. The van der Waals surface area contributed by atoms with Gasteiger partial charge in [-0.2, -0.15) is 0 Å². The Balaban J connectivity index is 2.29. The minimum absolute atomic E-state index is 0.147. The van der Waals surface area contributed by atoms with E-state index >= 15 is 0 Å². The predicted octanol–water partition coefficient (Wildman–Crippen LogP) is 4.21. The molecule has 0 fully saturated rings. The van der Waals surface area contributed by atoms with Gasteiger partial charge in [0.2, 0.25) is 0 Å². The molecule has 0 unspecified atom stereocenters. The van der Waals surface area contributed by atoms with Crippen LogP contribution in [0.5, 0.6) is 0 Å². The van der Waals surface area contributed by atoms with Gasteiger partial charge < -0.3 is 0 Å². The average Bonchev–Trinajstić information content (AvgIpc) is 2.86. The van der Waals surface area contributed by atoms with Crippen molar-refractivity contribution in [2.45, 2.75) is 6.92 Å². The molecule has 0 radical (unpaired) electrons. The topological polar surface area (TPSA) is 39.1 Å². The molecule has 1 heterocycles. The highest BCUT2D eigenvalue weighted by Gasteiger charge is 2.17. The number of carbonyl (C=O) groups excluding carboxylic acids is 2. The van der Waals surface area contributed by atoms with Gasteiger partial charge in [-0.1, -0.05) is 34.1 Å². The van der Waals surface area contributed by atoms with Crippen molar-refractivity contribution in [3.63, 3.8) is 0 Å². The first-order chi connectivity index (χ1) is 10.1. The second-order valence-corrected chi connectivity index (χ2v) is 5.74. The lowest BCUT2D eigenvalue weighted by molar-refractivity contribution is 0.0965. The van der Waals surface area contributed by atoms with Crippen LogP contribution in [0.15, 0.2) is 53.1 Å². The van der Waals surface area contributed by atoms with Crippen molar-refractivity contribution in [1.82, 2.24) is 4.57 Å². The van der Waals surface area contributed by atoms with Crippen molar-refractivity contribution in [1.29, 1.82) is 0 Å². The number of rotatable bonds is 2. The minimum Gasteiger partial charge on any atom is -0.298 e. The molecule has 4 heteroatoms. The van der Waals surface area contributed by atoms with E-state index in [0.29, 0.717) is 11.1 Å². The monoisotopic (exact) mass is 341 g/mol. The first-order valence-electron chi connectivity index (χ1n) is 6.48. The smallest absolute Gasteiger partial charge is 0.262 e. The maximum Gasteiger partial charge on any atom is 0.262 e. The molecule has 0 N–H and O–H groups in total. The number of carbonyl (C=O) groups is 2. The zero-order valence-corrected chi connectivity index (χ0v) is 12.9. The van der Waals surface area contributed by atoms with Crippen molar-refractivity contribution in [2.75, 3.05) is 0 Å². The lowest BCUT2D eigenvalue weighted by Gasteiger charge is -2.05. The van der Waals surface area contributed by atoms with Crippen LogP contribution in [-0.2, 0) is 0 Å². The third-order valence-corrected chi connectivity index (χ3v) is 4.02. The first-order valence-corrected chi connectivity index (χ1v) is 7.27. The fourth-order valence-electron chi connectivity index (χ4n) is 2.45. The van der Waals surface area contributed by atoms with E-state index in [1.807, 2.05) is 37.3 Å². The molecular weight excluding hydrogens is 330 g/mol. The first kappa shape index (κ1) is 13.8. The summed E-state index contributed by atoms with van der Waals surface area (Å²) in [5, 5.41) is 0.764. The molecule has 0 amide bonds. The normalized spacial score (nSPS) is 10.8. The Bertz CT molecular complexity index is 850. The van der Waals surface area contributed by atoms with Gasteiger partial charge in [-0.15, -0.1) is 0 Å². The molecule has 3 rings (SSSR count). The zero-order chi connectivity index (χ0) is 15.0. The lowest BCUT2D eigenvalue weighted by Crippen LogP contribution is -2.10. The second-order valence-electron chi connectivity index (χ2n) is 4.88. The Labute approximate surface area is 130 Å². The van der Waals surface area contributed by atoms with Crippen LogP contribution in [0.2, 0.25) is 0 Å². The Kier molecular flexibility index (Phi) is 3.47. The molecule has 0 saturated carbocycles. The number of hydrogen-bond acceptors (Lipinski definition) is 2. The summed E-state index contributed by atoms with van der Waals surface area (Å²) in [5.74, 6) is -0.147. The summed E-state index contributed by atoms with van der Waals surface area (Å²) in [6, 6.07) is 12.9. The molecule has 3 aromatic rings. The molecule has 104 valence electrons. The van der Waals surface area contributed by atoms with E-state index in [0.717, 1.165) is 27.2 Å². The number of aromatic nitrogens is 1. The fourth-order valence-corrected chi connectivity index (χ4v) is 3.24. The van der Waals surface area contributed by atoms with Gasteiger partial charge in [-0.05, 0) is 36.8 Å². The highest BCUT2D eigenvalue weighted by molar-refractivity contribution is 9.10. The standard InChI is InChI=1S/C17H12BrNO2/c1-11-7-14(18)16-13(10-20)9-19(15(16)8-11)17(21)12-5-3-2-4-6-12/h2-10H,1H3. The molecule has 0 aliphatic rings. The van der Waals surface area contributed by atoms with Gasteiger partial charge in [-0.3, -0.25) is 14.2 Å². The van der Waals surface area contributed by atoms with Crippen molar-refractivity contribution in [2.24, 2.45) is 0 Å². The van der Waals surface area contributed by atoms with E-state index < -0.39 is 0 Å². The highest BCUT2D eigenvalue weighted by Crippen LogP contribution is 2.30. The molecule has 0 aliphatic heterocycles. The molecule has 0 bridgehead atoms. The van der Waals surface area contributed by atoms with Crippen LogP contribution in [0.25, 0.3) is 10.9 Å². The Morgan fingerprint density at radius 1 is 1.19 bits per heavy atom. The van der Waals surface area contributed by atoms with Crippen LogP contribution in [0.1, 0.15) is 26.3 Å². The van der Waals surface area contributed by atoms with Gasteiger partial charge in [-0.25, -0.2) is 0 Å². The van der Waals surface area contributed by atoms with E-state index in [1.54, 1.807) is 18.3 Å². The van der Waals surface area contributed by atoms with Crippen molar-refractivity contribution in [3.8, 4) is 0 Å². The second kappa shape index (κ2) is 5.30. The van der Waals surface area contributed by atoms with Gasteiger partial charge in [0.25, 0.3) is 5.91 Å². The Morgan fingerprint density at radius 3 is 2.57 bits per heavy atom. The van der Waals surface area contributed by atoms with Gasteiger partial charge in [0.1, 0.15) is 0 Å². The maximum absolute atomic E-state index is 12.6. The minimum atomic E-state index is -0.147. The van der Waals surface area contributed by atoms with E-state index in [9.17, 15) is 9.59 Å². The predicted molar refractivity (Wildman–Crippen MR) is 85.9 cm³/mol. The number of aryl methyl sites for hydroxylation is 1. The SMILES string of the molecule is Cc1cc(Br)c2c(C=O)cn(C(=O)c3ccccc3)c2c1. The Hall–Kier alpha value is -2.20. The van der Waals surface area contributed by atoms with Crippen LogP contribution in [0.3, 0.4) is 0 Å². The van der Waals surface area contributed by atoms with E-state index in [1.165, 1.54) is 4.57 Å². The van der Waals surface area contributed by atoms with E-state index in [2.05, 4.69) is 15.9 Å². The van der Waals surface area contributed by atoms with E-state index in [4.69, 9.17) is 0 Å². The van der Waals surface area contributed by atoms with Crippen LogP contribution in [-0.4, -0.2) is 16.8 Å². The highest BCUT2D eigenvalue weighted by atomic mass is 79.9. The molecule has 0 atom stereocenters. The van der Waals surface area contributed by atoms with Gasteiger partial charge >= 0.3 is 0 Å². The van der Waals surface area contributed by atoms with Crippen molar-refractivity contribution >= 4 is 39.0 Å². The average molecular weight is 342 g/mol. The van der Waals surface area contributed by atoms with Gasteiger partial charge in [0.05, 0.1) is 5.52 Å². The fraction of sp³-hybridized carbons (Fsp3) is 0.0588. The van der Waals surface area contributed by atoms with Crippen molar-refractivity contribution in [3.05, 3.63) is 69.8 Å². The number of fused-ring (bicyclic) bond motifs is 1. The molecule has 3 nitrogen and oxygen atoms in total. The van der Waals surface area contributed by atoms with Crippen LogP contribution >= 0.6 is 15.9 Å². The largest absolute Gasteiger partial charge is 0.298 e. The summed E-state index contributed by atoms with van der Waals surface area (Å²) in [5.41, 5.74) is 2.84. The molecule has 0 aliphatic carbocycles. The molecule has 1 aromatic heterocycles. The van der Waals surface area contributed by atoms with Crippen LogP contribution < -0.4 is 0 Å². The lowest BCUT2D eigenvalue weighted by atomic mass is 10.1. The zero-order valence-electron chi connectivity index (χ0n) is 11.3. The Morgan fingerprint density at radius 2 is 1.90 bits per heavy atom. The third-order valence-electron chi connectivity index (χ3n) is 3.40. The van der Waals surface area contributed by atoms with Crippen molar-refractivity contribution < 1.29 is 9.59 Å². The summed E-state index contributed by atoms with van der Waals surface area (Å²) in [6.45, 7) is 1.95. The number of aldehydes is 1. The van der Waals surface area contributed by atoms with Gasteiger partial charge in [0, 0.05) is 27.2 Å². The van der Waals surface area contributed by atoms with E-state index in [-0.39, 0.29) is 5.91 Å². The quantitative estimate of drug-likeness (QED) is 0.655. The number of hydrogen-bond donors (Lipinski definition) is 0. The molecular formula is C17H12BrNO2. The molecule has 0 saturated heterocycles. The third kappa shape index (κ3) is 2.32. The summed E-state index contributed by atoms with van der Waals surface area (Å²) < 4.78 is 2.35. The molecule has 0 spiro atoms. The summed E-state index contributed by atoms with van der Waals surface area (Å²) in [6.07, 6.45) is 2.37. The van der Waals surface area contributed by atoms with Gasteiger partial charge in [0.15, 0.2) is 6.29 Å². The molecule has 2 aromatic carbocycles. The summed E-state index contributed by atoms with van der Waals surface area (Å²) in [4.78, 5) is 23.9. The van der Waals surface area contributed by atoms with Crippen LogP contribution in [0.4, 0.5) is 0 Å². The maximum atomic E-state index is 12.6. The van der Waals surface area contributed by atoms with Crippen LogP contribution in [0, 0.1) is 6.92 Å². The summed E-state index contributed by atoms with van der Waals surface area (Å²) in [7, 11) is 0. The summed E-state index contributed by atoms with van der Waals surface area (Å²) >= 11 is 3.47.